The molecule has 1 rings (SSSR count). The number of rotatable bonds is 13. The number of unbranched alkanes of at least 4 members (excludes halogenated alkanes) is 9. The van der Waals surface area contributed by atoms with Crippen LogP contribution < -0.4 is 0 Å². The number of ether oxygens (including phenoxy) is 1. The Morgan fingerprint density at radius 1 is 0.870 bits per heavy atom. The van der Waals surface area contributed by atoms with Crippen molar-refractivity contribution in [2.24, 2.45) is 4.99 Å². The molecular weight excluding hydrogens is 282 g/mol. The van der Waals surface area contributed by atoms with E-state index < -0.39 is 0 Å². The number of aliphatic imine (C=N–C) groups is 1. The zero-order valence-corrected chi connectivity index (χ0v) is 15.0. The summed E-state index contributed by atoms with van der Waals surface area (Å²) in [6, 6.07) is 0. The Kier molecular flexibility index (Phi) is 13.4. The molecule has 0 spiro atoms. The molecule has 1 heterocycles. The van der Waals surface area contributed by atoms with Crippen LogP contribution in [0, 0.1) is 0 Å². The van der Waals surface area contributed by atoms with Crippen LogP contribution in [-0.2, 0) is 4.74 Å². The SMILES string of the molecule is CCCCCCCCCCCC=CC=CC=CC1=NCCCO1. The van der Waals surface area contributed by atoms with E-state index in [9.17, 15) is 0 Å². The highest BCUT2D eigenvalue weighted by molar-refractivity contribution is 5.88. The van der Waals surface area contributed by atoms with Gasteiger partial charge in [-0.2, -0.15) is 0 Å². The lowest BCUT2D eigenvalue weighted by Crippen LogP contribution is -2.10. The van der Waals surface area contributed by atoms with Crippen molar-refractivity contribution in [3.63, 3.8) is 0 Å². The van der Waals surface area contributed by atoms with Crippen molar-refractivity contribution in [2.75, 3.05) is 13.2 Å². The zero-order valence-electron chi connectivity index (χ0n) is 15.0. The van der Waals surface area contributed by atoms with Gasteiger partial charge in [0.15, 0.2) is 0 Å². The molecule has 0 aliphatic carbocycles. The standard InChI is InChI=1S/C21H35NO/c1-2-3-4-5-6-7-8-9-10-11-12-13-14-15-16-18-21-22-19-17-20-23-21/h12-16,18H,2-11,17,19-20H2,1H3. The normalized spacial score (nSPS) is 15.6. The van der Waals surface area contributed by atoms with Gasteiger partial charge in [0.2, 0.25) is 5.90 Å². The van der Waals surface area contributed by atoms with E-state index in [1.165, 1.54) is 64.2 Å². The molecule has 0 bridgehead atoms. The fourth-order valence-corrected chi connectivity index (χ4v) is 2.59. The summed E-state index contributed by atoms with van der Waals surface area (Å²) in [5.74, 6) is 0.763. The predicted molar refractivity (Wildman–Crippen MR) is 102 cm³/mol. The molecule has 1 aliphatic heterocycles. The Labute approximate surface area is 143 Å². The van der Waals surface area contributed by atoms with E-state index in [-0.39, 0.29) is 0 Å². The Morgan fingerprint density at radius 2 is 1.57 bits per heavy atom. The number of allylic oxidation sites excluding steroid dienone is 5. The molecular formula is C21H35NO. The van der Waals surface area contributed by atoms with Crippen LogP contribution in [0.3, 0.4) is 0 Å². The lowest BCUT2D eigenvalue weighted by molar-refractivity contribution is 0.285. The summed E-state index contributed by atoms with van der Waals surface area (Å²) < 4.78 is 5.41. The third kappa shape index (κ3) is 12.9. The van der Waals surface area contributed by atoms with Crippen LogP contribution >= 0.6 is 0 Å². The zero-order chi connectivity index (χ0) is 16.4. The Morgan fingerprint density at radius 3 is 2.26 bits per heavy atom. The van der Waals surface area contributed by atoms with E-state index in [2.05, 4.69) is 30.1 Å². The maximum absolute atomic E-state index is 5.41. The topological polar surface area (TPSA) is 21.6 Å². The monoisotopic (exact) mass is 317 g/mol. The molecule has 0 fully saturated rings. The first-order valence-electron chi connectivity index (χ1n) is 9.60. The average molecular weight is 318 g/mol. The van der Waals surface area contributed by atoms with Crippen LogP contribution in [0.4, 0.5) is 0 Å². The molecule has 0 saturated carbocycles. The summed E-state index contributed by atoms with van der Waals surface area (Å²) in [5.41, 5.74) is 0. The van der Waals surface area contributed by atoms with Gasteiger partial charge in [0, 0.05) is 13.0 Å². The number of hydrogen-bond acceptors (Lipinski definition) is 2. The molecule has 130 valence electrons. The second kappa shape index (κ2) is 15.6. The fourth-order valence-electron chi connectivity index (χ4n) is 2.59. The quantitative estimate of drug-likeness (QED) is 0.285. The third-order valence-electron chi connectivity index (χ3n) is 4.00. The van der Waals surface area contributed by atoms with E-state index in [0.29, 0.717) is 0 Å². The molecule has 0 aromatic heterocycles. The first kappa shape index (κ1) is 19.7. The van der Waals surface area contributed by atoms with E-state index in [0.717, 1.165) is 25.5 Å². The van der Waals surface area contributed by atoms with E-state index in [1.807, 2.05) is 18.2 Å². The van der Waals surface area contributed by atoms with Crippen molar-refractivity contribution in [1.29, 1.82) is 0 Å². The Hall–Kier alpha value is -1.31. The lowest BCUT2D eigenvalue weighted by atomic mass is 10.1. The van der Waals surface area contributed by atoms with Crippen LogP contribution in [0.25, 0.3) is 0 Å². The average Bonchev–Trinajstić information content (AvgIpc) is 2.59. The third-order valence-corrected chi connectivity index (χ3v) is 4.00. The van der Waals surface area contributed by atoms with Gasteiger partial charge in [-0.25, -0.2) is 0 Å². The largest absolute Gasteiger partial charge is 0.478 e. The molecule has 0 aromatic rings. The highest BCUT2D eigenvalue weighted by Gasteiger charge is 1.99. The molecule has 0 amide bonds. The van der Waals surface area contributed by atoms with Crippen molar-refractivity contribution < 1.29 is 4.74 Å². The molecule has 0 saturated heterocycles. The summed E-state index contributed by atoms with van der Waals surface area (Å²) >= 11 is 0. The van der Waals surface area contributed by atoms with Gasteiger partial charge < -0.3 is 4.74 Å². The Balaban J connectivity index is 1.89. The predicted octanol–water partition coefficient (Wildman–Crippen LogP) is 6.39. The van der Waals surface area contributed by atoms with Crippen molar-refractivity contribution in [3.8, 4) is 0 Å². The molecule has 0 unspecified atom stereocenters. The minimum atomic E-state index is 0.763. The summed E-state index contributed by atoms with van der Waals surface area (Å²) in [5, 5.41) is 0. The van der Waals surface area contributed by atoms with Gasteiger partial charge in [-0.15, -0.1) is 0 Å². The minimum Gasteiger partial charge on any atom is -0.478 e. The first-order chi connectivity index (χ1) is 11.4. The molecule has 0 radical (unpaired) electrons. The van der Waals surface area contributed by atoms with Crippen molar-refractivity contribution in [3.05, 3.63) is 36.5 Å². The Bertz CT molecular complexity index is 379. The number of hydrogen-bond donors (Lipinski definition) is 0. The summed E-state index contributed by atoms with van der Waals surface area (Å²) in [6.07, 6.45) is 27.2. The second-order valence-electron chi connectivity index (χ2n) is 6.21. The van der Waals surface area contributed by atoms with Crippen LogP contribution in [0.15, 0.2) is 41.4 Å². The fraction of sp³-hybridized carbons (Fsp3) is 0.667. The summed E-state index contributed by atoms with van der Waals surface area (Å²) in [7, 11) is 0. The molecule has 0 aromatic carbocycles. The molecule has 2 nitrogen and oxygen atoms in total. The first-order valence-corrected chi connectivity index (χ1v) is 9.60. The molecule has 0 atom stereocenters. The second-order valence-corrected chi connectivity index (χ2v) is 6.21. The smallest absolute Gasteiger partial charge is 0.208 e. The van der Waals surface area contributed by atoms with Gasteiger partial charge in [-0.3, -0.25) is 4.99 Å². The maximum Gasteiger partial charge on any atom is 0.208 e. The van der Waals surface area contributed by atoms with E-state index >= 15 is 0 Å². The van der Waals surface area contributed by atoms with Gasteiger partial charge in [-0.1, -0.05) is 88.7 Å². The van der Waals surface area contributed by atoms with Crippen LogP contribution in [-0.4, -0.2) is 19.0 Å². The van der Waals surface area contributed by atoms with Gasteiger partial charge in [0.25, 0.3) is 0 Å². The molecule has 2 heteroatoms. The van der Waals surface area contributed by atoms with Gasteiger partial charge >= 0.3 is 0 Å². The highest BCUT2D eigenvalue weighted by atomic mass is 16.5. The van der Waals surface area contributed by atoms with E-state index in [4.69, 9.17) is 4.74 Å². The lowest BCUT2D eigenvalue weighted by Gasteiger charge is -2.09. The van der Waals surface area contributed by atoms with Gasteiger partial charge in [-0.05, 0) is 18.9 Å². The summed E-state index contributed by atoms with van der Waals surface area (Å²) in [6.45, 7) is 3.96. The molecule has 1 aliphatic rings. The maximum atomic E-state index is 5.41. The minimum absolute atomic E-state index is 0.763. The van der Waals surface area contributed by atoms with Gasteiger partial charge in [0.1, 0.15) is 0 Å². The molecule has 0 N–H and O–H groups in total. The van der Waals surface area contributed by atoms with E-state index in [1.54, 1.807) is 0 Å². The molecule has 23 heavy (non-hydrogen) atoms. The van der Waals surface area contributed by atoms with Crippen LogP contribution in [0.2, 0.25) is 0 Å². The van der Waals surface area contributed by atoms with Crippen molar-refractivity contribution in [2.45, 2.75) is 77.6 Å². The number of nitrogens with zero attached hydrogens (tertiary/aromatic N) is 1. The summed E-state index contributed by atoms with van der Waals surface area (Å²) in [4.78, 5) is 4.29. The van der Waals surface area contributed by atoms with Crippen molar-refractivity contribution in [1.82, 2.24) is 0 Å². The highest BCUT2D eigenvalue weighted by Crippen LogP contribution is 2.10. The van der Waals surface area contributed by atoms with Crippen molar-refractivity contribution >= 4 is 5.90 Å². The van der Waals surface area contributed by atoms with Gasteiger partial charge in [0.05, 0.1) is 6.61 Å². The van der Waals surface area contributed by atoms with Crippen LogP contribution in [0.5, 0.6) is 0 Å². The van der Waals surface area contributed by atoms with Crippen LogP contribution in [0.1, 0.15) is 77.6 Å².